The highest BCUT2D eigenvalue weighted by molar-refractivity contribution is 6.04. The summed E-state index contributed by atoms with van der Waals surface area (Å²) in [6, 6.07) is 26.2. The van der Waals surface area contributed by atoms with Gasteiger partial charge in [0.1, 0.15) is 12.4 Å². The third kappa shape index (κ3) is 8.52. The number of nitrogens with zero attached hydrogens (tertiary/aromatic N) is 5. The second-order valence-electron chi connectivity index (χ2n) is 11.9. The lowest BCUT2D eigenvalue weighted by Crippen LogP contribution is -2.43. The number of aryl methyl sites for hydroxylation is 1. The average Bonchev–Trinajstić information content (AvgIpc) is 3.11. The SMILES string of the molecule is Cc1ccc(NC(=O)c2ccc(COC(=O)c3ccc(CN4CCN(C)CC4)cc3)cc2)cc1Cc1nccc(-c2cccnc2)n1. The molecule has 0 bridgehead atoms. The number of carbonyl (C=O) groups is 2. The summed E-state index contributed by atoms with van der Waals surface area (Å²) in [6.07, 6.45) is 5.79. The molecule has 5 aromatic rings. The monoisotopic (exact) mass is 626 g/mol. The molecule has 0 radical (unpaired) electrons. The van der Waals surface area contributed by atoms with Crippen LogP contribution in [0.2, 0.25) is 0 Å². The second kappa shape index (κ2) is 14.9. The van der Waals surface area contributed by atoms with Crippen molar-refractivity contribution in [3.63, 3.8) is 0 Å². The van der Waals surface area contributed by atoms with Gasteiger partial charge in [0, 0.05) is 74.5 Å². The van der Waals surface area contributed by atoms with E-state index in [1.165, 1.54) is 5.56 Å². The first-order valence-corrected chi connectivity index (χ1v) is 15.8. The van der Waals surface area contributed by atoms with Gasteiger partial charge in [-0.1, -0.05) is 30.3 Å². The first-order chi connectivity index (χ1) is 22.9. The van der Waals surface area contributed by atoms with Crippen LogP contribution in [0.4, 0.5) is 5.69 Å². The number of carbonyl (C=O) groups excluding carboxylic acids is 2. The van der Waals surface area contributed by atoms with E-state index in [9.17, 15) is 9.59 Å². The van der Waals surface area contributed by atoms with Crippen molar-refractivity contribution in [2.75, 3.05) is 38.5 Å². The van der Waals surface area contributed by atoms with E-state index >= 15 is 0 Å². The summed E-state index contributed by atoms with van der Waals surface area (Å²) in [5, 5.41) is 2.99. The van der Waals surface area contributed by atoms with Crippen LogP contribution in [0, 0.1) is 6.92 Å². The number of pyridine rings is 1. The standard InChI is InChI=1S/C38H38N6O3/c1-27-5-14-34(22-33(27)23-36-40-17-15-35(42-36)32-4-3-16-39-24-32)41-37(45)30-10-8-29(9-11-30)26-47-38(46)31-12-6-28(7-13-31)25-44-20-18-43(2)19-21-44/h3-17,22,24H,18-21,23,25-26H2,1-2H3,(H,41,45). The number of ether oxygens (including phenoxy) is 1. The summed E-state index contributed by atoms with van der Waals surface area (Å²) in [5.41, 5.74) is 7.54. The number of hydrogen-bond donors (Lipinski definition) is 1. The molecule has 6 rings (SSSR count). The Balaban J connectivity index is 1.01. The Hall–Kier alpha value is -5.25. The first kappa shape index (κ1) is 31.7. The van der Waals surface area contributed by atoms with Crippen LogP contribution in [0.5, 0.6) is 0 Å². The molecule has 0 atom stereocenters. The van der Waals surface area contributed by atoms with Gasteiger partial charge < -0.3 is 15.0 Å². The number of nitrogens with one attached hydrogen (secondary N) is 1. The fraction of sp³-hybridized carbons (Fsp3) is 0.237. The van der Waals surface area contributed by atoms with Crippen LogP contribution in [0.15, 0.2) is 104 Å². The van der Waals surface area contributed by atoms with Gasteiger partial charge >= 0.3 is 5.97 Å². The molecule has 3 aromatic carbocycles. The zero-order valence-electron chi connectivity index (χ0n) is 26.7. The summed E-state index contributed by atoms with van der Waals surface area (Å²) in [7, 11) is 2.15. The fourth-order valence-electron chi connectivity index (χ4n) is 5.47. The Labute approximate surface area is 275 Å². The smallest absolute Gasteiger partial charge is 0.338 e. The topological polar surface area (TPSA) is 101 Å². The highest BCUT2D eigenvalue weighted by atomic mass is 16.5. The molecule has 1 saturated heterocycles. The van der Waals surface area contributed by atoms with Crippen molar-refractivity contribution in [2.45, 2.75) is 26.5 Å². The van der Waals surface area contributed by atoms with E-state index in [-0.39, 0.29) is 18.5 Å². The van der Waals surface area contributed by atoms with Crippen LogP contribution >= 0.6 is 0 Å². The quantitative estimate of drug-likeness (QED) is 0.194. The van der Waals surface area contributed by atoms with Crippen LogP contribution < -0.4 is 5.32 Å². The molecule has 47 heavy (non-hydrogen) atoms. The van der Waals surface area contributed by atoms with Gasteiger partial charge in [-0.15, -0.1) is 0 Å². The Bertz CT molecular complexity index is 1820. The maximum Gasteiger partial charge on any atom is 0.338 e. The molecule has 0 aliphatic carbocycles. The zero-order chi connectivity index (χ0) is 32.6. The highest BCUT2D eigenvalue weighted by Crippen LogP contribution is 2.21. The second-order valence-corrected chi connectivity index (χ2v) is 11.9. The molecule has 0 unspecified atom stereocenters. The number of hydrogen-bond acceptors (Lipinski definition) is 8. The normalized spacial score (nSPS) is 13.7. The van der Waals surface area contributed by atoms with Crippen molar-refractivity contribution in [2.24, 2.45) is 0 Å². The Kier molecular flexibility index (Phi) is 10.1. The number of likely N-dealkylation sites (N-methyl/N-ethyl adjacent to an activating group) is 1. The average molecular weight is 627 g/mol. The van der Waals surface area contributed by atoms with E-state index in [1.54, 1.807) is 42.9 Å². The van der Waals surface area contributed by atoms with E-state index in [1.807, 2.05) is 67.6 Å². The van der Waals surface area contributed by atoms with Gasteiger partial charge in [-0.05, 0) is 90.8 Å². The van der Waals surface area contributed by atoms with E-state index in [0.717, 1.165) is 60.7 Å². The van der Waals surface area contributed by atoms with Crippen LogP contribution in [-0.4, -0.2) is 69.9 Å². The summed E-state index contributed by atoms with van der Waals surface area (Å²) in [4.78, 5) is 43.9. The molecular weight excluding hydrogens is 588 g/mol. The molecule has 0 saturated carbocycles. The molecule has 1 N–H and O–H groups in total. The van der Waals surface area contributed by atoms with Gasteiger partial charge in [0.2, 0.25) is 0 Å². The first-order valence-electron chi connectivity index (χ1n) is 15.8. The fourth-order valence-corrected chi connectivity index (χ4v) is 5.47. The van der Waals surface area contributed by atoms with Crippen molar-refractivity contribution < 1.29 is 14.3 Å². The molecule has 1 aliphatic rings. The van der Waals surface area contributed by atoms with Crippen molar-refractivity contribution >= 4 is 17.6 Å². The van der Waals surface area contributed by atoms with Gasteiger partial charge in [-0.2, -0.15) is 0 Å². The molecule has 9 heteroatoms. The summed E-state index contributed by atoms with van der Waals surface area (Å²) in [5.74, 6) is 0.0876. The molecule has 1 fully saturated rings. The number of aromatic nitrogens is 3. The minimum absolute atomic E-state index is 0.120. The van der Waals surface area contributed by atoms with Crippen LogP contribution in [-0.2, 0) is 24.3 Å². The predicted octanol–water partition coefficient (Wildman–Crippen LogP) is 5.79. The number of amides is 1. The molecule has 0 spiro atoms. The van der Waals surface area contributed by atoms with E-state index in [2.05, 4.69) is 32.1 Å². The van der Waals surface area contributed by atoms with E-state index < -0.39 is 0 Å². The van der Waals surface area contributed by atoms with Gasteiger partial charge in [-0.3, -0.25) is 14.7 Å². The maximum absolute atomic E-state index is 13.1. The van der Waals surface area contributed by atoms with Crippen LogP contribution in [0.1, 0.15) is 48.8 Å². The van der Waals surface area contributed by atoms with E-state index in [4.69, 9.17) is 9.72 Å². The number of benzene rings is 3. The van der Waals surface area contributed by atoms with Gasteiger partial charge in [0.05, 0.1) is 11.3 Å². The number of esters is 1. The van der Waals surface area contributed by atoms with E-state index in [0.29, 0.717) is 29.1 Å². The predicted molar refractivity (Wildman–Crippen MR) is 182 cm³/mol. The minimum Gasteiger partial charge on any atom is -0.457 e. The minimum atomic E-state index is -0.373. The zero-order valence-corrected chi connectivity index (χ0v) is 26.7. The molecule has 1 amide bonds. The Morgan fingerprint density at radius 3 is 2.34 bits per heavy atom. The van der Waals surface area contributed by atoms with Gasteiger partial charge in [-0.25, -0.2) is 14.8 Å². The Morgan fingerprint density at radius 1 is 0.851 bits per heavy atom. The third-order valence-electron chi connectivity index (χ3n) is 8.40. The van der Waals surface area contributed by atoms with Crippen LogP contribution in [0.25, 0.3) is 11.3 Å². The lowest BCUT2D eigenvalue weighted by molar-refractivity contribution is 0.0472. The van der Waals surface area contributed by atoms with Crippen LogP contribution in [0.3, 0.4) is 0 Å². The largest absolute Gasteiger partial charge is 0.457 e. The van der Waals surface area contributed by atoms with Gasteiger partial charge in [0.25, 0.3) is 5.91 Å². The number of anilines is 1. The number of piperazine rings is 1. The molecular formula is C38H38N6O3. The highest BCUT2D eigenvalue weighted by Gasteiger charge is 2.15. The summed E-state index contributed by atoms with van der Waals surface area (Å²) in [6.45, 7) is 7.28. The Morgan fingerprint density at radius 2 is 1.60 bits per heavy atom. The number of rotatable bonds is 10. The van der Waals surface area contributed by atoms with Crippen molar-refractivity contribution in [3.05, 3.63) is 143 Å². The summed E-state index contributed by atoms with van der Waals surface area (Å²) < 4.78 is 5.55. The summed E-state index contributed by atoms with van der Waals surface area (Å²) >= 11 is 0. The molecule has 9 nitrogen and oxygen atoms in total. The van der Waals surface area contributed by atoms with Crippen molar-refractivity contribution in [1.29, 1.82) is 0 Å². The lowest BCUT2D eigenvalue weighted by atomic mass is 10.0. The maximum atomic E-state index is 13.1. The molecule has 238 valence electrons. The molecule has 2 aromatic heterocycles. The molecule has 3 heterocycles. The lowest BCUT2D eigenvalue weighted by Gasteiger charge is -2.32. The molecule has 1 aliphatic heterocycles. The van der Waals surface area contributed by atoms with Gasteiger partial charge in [0.15, 0.2) is 0 Å². The van der Waals surface area contributed by atoms with Crippen molar-refractivity contribution in [1.82, 2.24) is 24.8 Å². The third-order valence-corrected chi connectivity index (χ3v) is 8.40. The van der Waals surface area contributed by atoms with Crippen molar-refractivity contribution in [3.8, 4) is 11.3 Å².